The topological polar surface area (TPSA) is 38.7 Å². The van der Waals surface area contributed by atoms with E-state index in [1.807, 2.05) is 25.1 Å². The van der Waals surface area contributed by atoms with Gasteiger partial charge in [0.25, 0.3) is 0 Å². The monoisotopic (exact) mass is 250 g/mol. The van der Waals surface area contributed by atoms with Gasteiger partial charge >= 0.3 is 0 Å². The molecule has 3 nitrogen and oxygen atoms in total. The van der Waals surface area contributed by atoms with E-state index in [0.717, 1.165) is 49.5 Å². The molecule has 1 N–H and O–H groups in total. The van der Waals surface area contributed by atoms with E-state index in [2.05, 4.69) is 0 Å². The normalized spacial score (nSPS) is 18.6. The highest BCUT2D eigenvalue weighted by molar-refractivity contribution is 5.36. The Hall–Kier alpha value is -1.06. The molecule has 0 spiro atoms. The molecule has 0 unspecified atom stereocenters. The van der Waals surface area contributed by atoms with Crippen molar-refractivity contribution in [2.45, 2.75) is 32.8 Å². The Labute approximate surface area is 109 Å². The first-order valence-electron chi connectivity index (χ1n) is 6.66. The first-order valence-corrected chi connectivity index (χ1v) is 6.66. The van der Waals surface area contributed by atoms with Crippen molar-refractivity contribution in [2.24, 2.45) is 5.92 Å². The number of hydrogen-bond acceptors (Lipinski definition) is 3. The largest absolute Gasteiger partial charge is 0.493 e. The Morgan fingerprint density at radius 3 is 2.72 bits per heavy atom. The molecule has 1 atom stereocenters. The maximum absolute atomic E-state index is 9.52. The predicted molar refractivity (Wildman–Crippen MR) is 70.9 cm³/mol. The lowest BCUT2D eigenvalue weighted by atomic mass is 10.0. The van der Waals surface area contributed by atoms with Gasteiger partial charge in [0.15, 0.2) is 0 Å². The minimum atomic E-state index is -0.423. The summed E-state index contributed by atoms with van der Waals surface area (Å²) in [6.07, 6.45) is 1.75. The number of rotatable bonds is 4. The van der Waals surface area contributed by atoms with Gasteiger partial charge in [-0.2, -0.15) is 0 Å². The third-order valence-corrected chi connectivity index (χ3v) is 3.50. The molecule has 0 aliphatic carbocycles. The van der Waals surface area contributed by atoms with Crippen LogP contribution in [-0.2, 0) is 4.74 Å². The average Bonchev–Trinajstić information content (AvgIpc) is 2.38. The summed E-state index contributed by atoms with van der Waals surface area (Å²) in [4.78, 5) is 0. The average molecular weight is 250 g/mol. The second-order valence-electron chi connectivity index (χ2n) is 5.07. The van der Waals surface area contributed by atoms with Crippen molar-refractivity contribution in [1.29, 1.82) is 0 Å². The summed E-state index contributed by atoms with van der Waals surface area (Å²) >= 11 is 0. The Balaban J connectivity index is 1.92. The van der Waals surface area contributed by atoms with Gasteiger partial charge < -0.3 is 14.6 Å². The molecule has 0 bridgehead atoms. The van der Waals surface area contributed by atoms with E-state index >= 15 is 0 Å². The van der Waals surface area contributed by atoms with Crippen LogP contribution in [0.5, 0.6) is 5.75 Å². The van der Waals surface area contributed by atoms with E-state index in [0.29, 0.717) is 5.92 Å². The molecular formula is C15H22O3. The Morgan fingerprint density at radius 1 is 1.39 bits per heavy atom. The lowest BCUT2D eigenvalue weighted by Crippen LogP contribution is -2.21. The molecule has 1 aliphatic heterocycles. The van der Waals surface area contributed by atoms with Crippen LogP contribution < -0.4 is 4.74 Å². The summed E-state index contributed by atoms with van der Waals surface area (Å²) in [6, 6.07) is 5.87. The molecule has 1 aromatic rings. The maximum atomic E-state index is 9.52. The van der Waals surface area contributed by atoms with Crippen LogP contribution in [0.25, 0.3) is 0 Å². The van der Waals surface area contributed by atoms with E-state index in [4.69, 9.17) is 9.47 Å². The summed E-state index contributed by atoms with van der Waals surface area (Å²) in [6.45, 7) is 6.27. The lowest BCUT2D eigenvalue weighted by Gasteiger charge is -2.22. The molecule has 1 fully saturated rings. The molecule has 1 aliphatic rings. The third kappa shape index (κ3) is 3.47. The number of benzene rings is 1. The van der Waals surface area contributed by atoms with Crippen molar-refractivity contribution >= 4 is 0 Å². The molecule has 1 aromatic carbocycles. The van der Waals surface area contributed by atoms with Crippen LogP contribution in [-0.4, -0.2) is 24.9 Å². The molecule has 18 heavy (non-hydrogen) atoms. The quantitative estimate of drug-likeness (QED) is 0.893. The Kier molecular flexibility index (Phi) is 4.61. The highest BCUT2D eigenvalue weighted by Crippen LogP contribution is 2.24. The van der Waals surface area contributed by atoms with Gasteiger partial charge in [-0.15, -0.1) is 0 Å². The first-order chi connectivity index (χ1) is 8.66. The number of aryl methyl sites for hydroxylation is 1. The Bertz CT molecular complexity index is 381. The van der Waals surface area contributed by atoms with Crippen LogP contribution in [0.15, 0.2) is 18.2 Å². The number of aliphatic hydroxyl groups excluding tert-OH is 1. The molecule has 0 radical (unpaired) electrons. The van der Waals surface area contributed by atoms with Crippen molar-refractivity contribution < 1.29 is 14.6 Å². The van der Waals surface area contributed by atoms with E-state index in [-0.39, 0.29) is 0 Å². The standard InChI is InChI=1S/C15H22O3/c1-11-9-14(12(2)16)3-4-15(11)18-10-13-5-7-17-8-6-13/h3-4,9,12-13,16H,5-8,10H2,1-2H3/t12-/m1/s1. The van der Waals surface area contributed by atoms with E-state index < -0.39 is 6.10 Å². The fourth-order valence-corrected chi connectivity index (χ4v) is 2.22. The SMILES string of the molecule is Cc1cc([C@@H](C)O)ccc1OCC1CCOCC1. The van der Waals surface area contributed by atoms with E-state index in [1.165, 1.54) is 0 Å². The number of ether oxygens (including phenoxy) is 2. The zero-order valence-corrected chi connectivity index (χ0v) is 11.2. The van der Waals surface area contributed by atoms with Gasteiger partial charge in [-0.25, -0.2) is 0 Å². The van der Waals surface area contributed by atoms with Crippen LogP contribution in [0.4, 0.5) is 0 Å². The van der Waals surface area contributed by atoms with Crippen LogP contribution in [0.2, 0.25) is 0 Å². The van der Waals surface area contributed by atoms with Crippen LogP contribution in [0, 0.1) is 12.8 Å². The van der Waals surface area contributed by atoms with Crippen molar-refractivity contribution in [3.8, 4) is 5.75 Å². The summed E-state index contributed by atoms with van der Waals surface area (Å²) in [5, 5.41) is 9.52. The summed E-state index contributed by atoms with van der Waals surface area (Å²) in [7, 11) is 0. The Morgan fingerprint density at radius 2 is 2.11 bits per heavy atom. The molecule has 100 valence electrons. The summed E-state index contributed by atoms with van der Waals surface area (Å²) in [5.74, 6) is 1.53. The summed E-state index contributed by atoms with van der Waals surface area (Å²) in [5.41, 5.74) is 2.02. The minimum absolute atomic E-state index is 0.423. The molecular weight excluding hydrogens is 228 g/mol. The van der Waals surface area contributed by atoms with Gasteiger partial charge in [0, 0.05) is 13.2 Å². The van der Waals surface area contributed by atoms with Crippen LogP contribution >= 0.6 is 0 Å². The highest BCUT2D eigenvalue weighted by Gasteiger charge is 2.15. The maximum Gasteiger partial charge on any atom is 0.122 e. The van der Waals surface area contributed by atoms with Crippen molar-refractivity contribution in [3.05, 3.63) is 29.3 Å². The van der Waals surface area contributed by atoms with E-state index in [1.54, 1.807) is 6.92 Å². The van der Waals surface area contributed by atoms with Gasteiger partial charge in [-0.3, -0.25) is 0 Å². The fraction of sp³-hybridized carbons (Fsp3) is 0.600. The van der Waals surface area contributed by atoms with E-state index in [9.17, 15) is 5.11 Å². The molecule has 2 rings (SSSR count). The second kappa shape index (κ2) is 6.21. The molecule has 1 heterocycles. The lowest BCUT2D eigenvalue weighted by molar-refractivity contribution is 0.0496. The summed E-state index contributed by atoms with van der Waals surface area (Å²) < 4.78 is 11.2. The molecule has 0 saturated carbocycles. The zero-order chi connectivity index (χ0) is 13.0. The zero-order valence-electron chi connectivity index (χ0n) is 11.2. The second-order valence-corrected chi connectivity index (χ2v) is 5.07. The minimum Gasteiger partial charge on any atom is -0.493 e. The van der Waals surface area contributed by atoms with Gasteiger partial charge in [0.2, 0.25) is 0 Å². The van der Waals surface area contributed by atoms with Gasteiger partial charge in [0.1, 0.15) is 5.75 Å². The van der Waals surface area contributed by atoms with Crippen molar-refractivity contribution in [2.75, 3.05) is 19.8 Å². The number of hydrogen-bond donors (Lipinski definition) is 1. The van der Waals surface area contributed by atoms with Crippen molar-refractivity contribution in [1.82, 2.24) is 0 Å². The van der Waals surface area contributed by atoms with Crippen LogP contribution in [0.1, 0.15) is 37.0 Å². The van der Waals surface area contributed by atoms with Gasteiger partial charge in [0.05, 0.1) is 12.7 Å². The molecule has 0 amide bonds. The van der Waals surface area contributed by atoms with Gasteiger partial charge in [-0.1, -0.05) is 6.07 Å². The molecule has 3 heteroatoms. The highest BCUT2D eigenvalue weighted by atomic mass is 16.5. The molecule has 0 aromatic heterocycles. The predicted octanol–water partition coefficient (Wildman–Crippen LogP) is 2.85. The first kappa shape index (κ1) is 13.4. The fourth-order valence-electron chi connectivity index (χ4n) is 2.22. The van der Waals surface area contributed by atoms with Gasteiger partial charge in [-0.05, 0) is 55.9 Å². The molecule has 1 saturated heterocycles. The van der Waals surface area contributed by atoms with Crippen molar-refractivity contribution in [3.63, 3.8) is 0 Å². The number of aliphatic hydroxyl groups is 1. The van der Waals surface area contributed by atoms with Crippen LogP contribution in [0.3, 0.4) is 0 Å². The third-order valence-electron chi connectivity index (χ3n) is 3.50. The smallest absolute Gasteiger partial charge is 0.122 e.